The lowest BCUT2D eigenvalue weighted by atomic mass is 9.97. The first-order valence-corrected chi connectivity index (χ1v) is 11.0. The maximum Gasteiger partial charge on any atom is 0.170 e. The number of rotatable bonds is 6. The Morgan fingerprint density at radius 2 is 1.90 bits per heavy atom. The summed E-state index contributed by atoms with van der Waals surface area (Å²) in [5, 5.41) is 4.33. The van der Waals surface area contributed by atoms with Crippen LogP contribution in [0.1, 0.15) is 40.3 Å². The second kappa shape index (κ2) is 8.77. The molecule has 1 fully saturated rings. The molecular formula is C24H30N6S. The molecule has 4 heterocycles. The fraction of sp³-hybridized carbons (Fsp3) is 0.375. The van der Waals surface area contributed by atoms with Crippen molar-refractivity contribution in [3.8, 4) is 5.82 Å². The molecule has 1 saturated heterocycles. The van der Waals surface area contributed by atoms with Crippen molar-refractivity contribution >= 4 is 17.3 Å². The standard InChI is InChI=1S/C24H30N6S/c1-16-9-10-21(26-15-16)30-17(2)14-19(18(30)3)23-22(20-8-6-7-11-25-20)27-24(31)29(23)13-12-28(4)5/h6-11,14-15,22-23H,12-13H2,1-5H3,(H,27,31)/t22-,23+/m1/s1. The van der Waals surface area contributed by atoms with Gasteiger partial charge in [-0.05, 0) is 82.5 Å². The van der Waals surface area contributed by atoms with E-state index in [-0.39, 0.29) is 12.1 Å². The van der Waals surface area contributed by atoms with Crippen LogP contribution in [0.2, 0.25) is 0 Å². The van der Waals surface area contributed by atoms with Crippen molar-refractivity contribution < 1.29 is 0 Å². The molecule has 0 saturated carbocycles. The molecule has 1 N–H and O–H groups in total. The van der Waals surface area contributed by atoms with Crippen molar-refractivity contribution in [1.29, 1.82) is 0 Å². The van der Waals surface area contributed by atoms with Gasteiger partial charge in [-0.25, -0.2) is 4.98 Å². The van der Waals surface area contributed by atoms with E-state index in [0.29, 0.717) is 0 Å². The van der Waals surface area contributed by atoms with Crippen LogP contribution >= 0.6 is 12.2 Å². The van der Waals surface area contributed by atoms with Gasteiger partial charge >= 0.3 is 0 Å². The highest BCUT2D eigenvalue weighted by molar-refractivity contribution is 7.80. The lowest BCUT2D eigenvalue weighted by molar-refractivity contribution is 0.277. The zero-order chi connectivity index (χ0) is 22.1. The summed E-state index contributed by atoms with van der Waals surface area (Å²) < 4.78 is 2.23. The smallest absolute Gasteiger partial charge is 0.170 e. The minimum absolute atomic E-state index is 0.00390. The van der Waals surface area contributed by atoms with Crippen LogP contribution in [0.5, 0.6) is 0 Å². The fourth-order valence-corrected chi connectivity index (χ4v) is 4.66. The Kier molecular flexibility index (Phi) is 6.07. The van der Waals surface area contributed by atoms with Crippen LogP contribution in [0.25, 0.3) is 5.82 Å². The molecule has 4 rings (SSSR count). The molecule has 31 heavy (non-hydrogen) atoms. The molecule has 7 heteroatoms. The molecule has 1 aliphatic rings. The summed E-state index contributed by atoms with van der Waals surface area (Å²) in [5.41, 5.74) is 5.75. The molecule has 0 aliphatic carbocycles. The molecular weight excluding hydrogens is 404 g/mol. The van der Waals surface area contributed by atoms with E-state index in [1.54, 1.807) is 0 Å². The Labute approximate surface area is 189 Å². The third-order valence-corrected chi connectivity index (χ3v) is 6.25. The molecule has 0 radical (unpaired) electrons. The fourth-order valence-electron chi connectivity index (χ4n) is 4.32. The van der Waals surface area contributed by atoms with Crippen molar-refractivity contribution in [2.24, 2.45) is 0 Å². The van der Waals surface area contributed by atoms with Crippen molar-refractivity contribution in [1.82, 2.24) is 29.7 Å². The number of nitrogens with one attached hydrogen (secondary N) is 1. The molecule has 0 aromatic carbocycles. The first-order valence-electron chi connectivity index (χ1n) is 10.6. The summed E-state index contributed by atoms with van der Waals surface area (Å²) in [6.45, 7) is 8.14. The zero-order valence-corrected chi connectivity index (χ0v) is 19.6. The van der Waals surface area contributed by atoms with E-state index in [0.717, 1.165) is 41.0 Å². The number of hydrogen-bond acceptors (Lipinski definition) is 4. The average Bonchev–Trinajstić information content (AvgIpc) is 3.23. The van der Waals surface area contributed by atoms with Crippen LogP contribution in [-0.4, -0.2) is 56.6 Å². The Hall–Kier alpha value is -2.77. The van der Waals surface area contributed by atoms with Gasteiger partial charge in [0, 0.05) is 36.9 Å². The molecule has 0 bridgehead atoms. The SMILES string of the molecule is Cc1ccc(-n2c(C)cc([C@H]3[C@@H](c4ccccn4)NC(=S)N3CCN(C)C)c2C)nc1. The van der Waals surface area contributed by atoms with Gasteiger partial charge in [0.2, 0.25) is 0 Å². The number of likely N-dealkylation sites (N-methyl/N-ethyl adjacent to an activating group) is 1. The second-order valence-corrected chi connectivity index (χ2v) is 8.87. The third kappa shape index (κ3) is 4.20. The average molecular weight is 435 g/mol. The first kappa shape index (κ1) is 21.5. The molecule has 2 atom stereocenters. The summed E-state index contributed by atoms with van der Waals surface area (Å²) in [6.07, 6.45) is 3.76. The third-order valence-electron chi connectivity index (χ3n) is 5.90. The summed E-state index contributed by atoms with van der Waals surface area (Å²) in [6, 6.07) is 12.6. The maximum atomic E-state index is 5.79. The van der Waals surface area contributed by atoms with Gasteiger partial charge in [-0.15, -0.1) is 0 Å². The quantitative estimate of drug-likeness (QED) is 0.597. The Morgan fingerprint density at radius 1 is 1.10 bits per heavy atom. The summed E-state index contributed by atoms with van der Waals surface area (Å²) in [5.74, 6) is 0.939. The molecule has 1 aliphatic heterocycles. The highest BCUT2D eigenvalue weighted by Crippen LogP contribution is 2.41. The van der Waals surface area contributed by atoms with Crippen LogP contribution in [-0.2, 0) is 0 Å². The molecule has 0 spiro atoms. The molecule has 3 aromatic rings. The lowest BCUT2D eigenvalue weighted by Gasteiger charge is -2.29. The number of thiocarbonyl (C=S) groups is 1. The van der Waals surface area contributed by atoms with E-state index in [1.165, 1.54) is 11.3 Å². The van der Waals surface area contributed by atoms with Crippen molar-refractivity contribution in [3.63, 3.8) is 0 Å². The highest BCUT2D eigenvalue weighted by atomic mass is 32.1. The molecule has 3 aromatic heterocycles. The molecule has 0 unspecified atom stereocenters. The van der Waals surface area contributed by atoms with Gasteiger partial charge < -0.3 is 19.7 Å². The predicted molar refractivity (Wildman–Crippen MR) is 128 cm³/mol. The number of aryl methyl sites for hydroxylation is 2. The van der Waals surface area contributed by atoms with Crippen LogP contribution in [0.3, 0.4) is 0 Å². The minimum Gasteiger partial charge on any atom is -0.352 e. The van der Waals surface area contributed by atoms with Crippen LogP contribution in [0.4, 0.5) is 0 Å². The minimum atomic E-state index is -0.00390. The van der Waals surface area contributed by atoms with E-state index in [1.807, 2.05) is 24.5 Å². The van der Waals surface area contributed by atoms with Gasteiger partial charge in [-0.1, -0.05) is 12.1 Å². The zero-order valence-electron chi connectivity index (χ0n) is 18.8. The van der Waals surface area contributed by atoms with E-state index in [4.69, 9.17) is 12.2 Å². The predicted octanol–water partition coefficient (Wildman–Crippen LogP) is 3.73. The summed E-state index contributed by atoms with van der Waals surface area (Å²) in [7, 11) is 4.18. The highest BCUT2D eigenvalue weighted by Gasteiger charge is 2.41. The maximum absolute atomic E-state index is 5.79. The first-order chi connectivity index (χ1) is 14.9. The molecule has 0 amide bonds. The van der Waals surface area contributed by atoms with Crippen LogP contribution in [0, 0.1) is 20.8 Å². The van der Waals surface area contributed by atoms with Gasteiger partial charge in [0.05, 0.1) is 17.8 Å². The summed E-state index contributed by atoms with van der Waals surface area (Å²) in [4.78, 5) is 13.8. The number of pyridine rings is 2. The Balaban J connectivity index is 1.80. The van der Waals surface area contributed by atoms with Gasteiger partial charge in [0.25, 0.3) is 0 Å². The van der Waals surface area contributed by atoms with E-state index < -0.39 is 0 Å². The topological polar surface area (TPSA) is 49.2 Å². The Morgan fingerprint density at radius 3 is 2.55 bits per heavy atom. The second-order valence-electron chi connectivity index (χ2n) is 8.48. The number of aromatic nitrogens is 3. The van der Waals surface area contributed by atoms with E-state index in [9.17, 15) is 0 Å². The lowest BCUT2D eigenvalue weighted by Crippen LogP contribution is -2.35. The van der Waals surface area contributed by atoms with E-state index >= 15 is 0 Å². The van der Waals surface area contributed by atoms with E-state index in [2.05, 4.69) is 88.8 Å². The largest absolute Gasteiger partial charge is 0.352 e. The molecule has 162 valence electrons. The molecule has 6 nitrogen and oxygen atoms in total. The van der Waals surface area contributed by atoms with Crippen molar-refractivity contribution in [2.75, 3.05) is 27.2 Å². The van der Waals surface area contributed by atoms with Crippen molar-refractivity contribution in [2.45, 2.75) is 32.9 Å². The van der Waals surface area contributed by atoms with Gasteiger partial charge in [0.1, 0.15) is 5.82 Å². The Bertz CT molecular complexity index is 1060. The number of hydrogen-bond donors (Lipinski definition) is 1. The normalized spacial score (nSPS) is 18.6. The summed E-state index contributed by atoms with van der Waals surface area (Å²) >= 11 is 5.79. The monoisotopic (exact) mass is 434 g/mol. The van der Waals surface area contributed by atoms with Crippen LogP contribution < -0.4 is 5.32 Å². The van der Waals surface area contributed by atoms with Gasteiger partial charge in [0.15, 0.2) is 5.11 Å². The number of nitrogens with zero attached hydrogens (tertiary/aromatic N) is 5. The van der Waals surface area contributed by atoms with Gasteiger partial charge in [-0.2, -0.15) is 0 Å². The van der Waals surface area contributed by atoms with Crippen molar-refractivity contribution in [3.05, 3.63) is 77.0 Å². The van der Waals surface area contributed by atoms with Crippen LogP contribution in [0.15, 0.2) is 48.8 Å². The van der Waals surface area contributed by atoms with Gasteiger partial charge in [-0.3, -0.25) is 4.98 Å².